The maximum Gasteiger partial charge on any atom is 0.123 e. The van der Waals surface area contributed by atoms with Gasteiger partial charge in [0.25, 0.3) is 0 Å². The highest BCUT2D eigenvalue weighted by Crippen LogP contribution is 2.16. The first-order valence-corrected chi connectivity index (χ1v) is 6.46. The summed E-state index contributed by atoms with van der Waals surface area (Å²) in [5.74, 6) is 0.858. The summed E-state index contributed by atoms with van der Waals surface area (Å²) < 4.78 is 8.70. The fraction of sp³-hybridized carbons (Fsp3) is 0.250. The molecule has 5 heteroatoms. The van der Waals surface area contributed by atoms with Crippen molar-refractivity contribution in [3.05, 3.63) is 45.8 Å². The Kier molecular flexibility index (Phi) is 4.38. The molecule has 90 valence electrons. The van der Waals surface area contributed by atoms with Gasteiger partial charge in [0.15, 0.2) is 0 Å². The summed E-state index contributed by atoms with van der Waals surface area (Å²) >= 11 is 2.23. The van der Waals surface area contributed by atoms with Gasteiger partial charge in [-0.2, -0.15) is 5.10 Å². The molecule has 0 unspecified atom stereocenters. The summed E-state index contributed by atoms with van der Waals surface area (Å²) in [6.45, 7) is 1.83. The zero-order valence-electron chi connectivity index (χ0n) is 9.34. The van der Waals surface area contributed by atoms with Crippen LogP contribution in [0, 0.1) is 3.57 Å². The summed E-state index contributed by atoms with van der Waals surface area (Å²) in [6.07, 6.45) is 3.81. The van der Waals surface area contributed by atoms with Crippen molar-refractivity contribution in [2.24, 2.45) is 5.73 Å². The third-order valence-electron chi connectivity index (χ3n) is 2.37. The Hall–Kier alpha value is -1.08. The molecule has 0 bridgehead atoms. The third-order valence-corrected chi connectivity index (χ3v) is 2.93. The van der Waals surface area contributed by atoms with Gasteiger partial charge in [0.2, 0.25) is 0 Å². The number of benzene rings is 1. The second kappa shape index (κ2) is 6.02. The van der Waals surface area contributed by atoms with Crippen LogP contribution >= 0.6 is 22.6 Å². The van der Waals surface area contributed by atoms with Crippen molar-refractivity contribution < 1.29 is 4.74 Å². The van der Waals surface area contributed by atoms with E-state index in [0.717, 1.165) is 21.4 Å². The van der Waals surface area contributed by atoms with Crippen LogP contribution in [0.3, 0.4) is 0 Å². The summed E-state index contributed by atoms with van der Waals surface area (Å²) in [5.41, 5.74) is 6.67. The van der Waals surface area contributed by atoms with Gasteiger partial charge < -0.3 is 10.5 Å². The SMILES string of the molecule is NCc1ccccc1OCCn1cc(I)cn1. The molecule has 0 aliphatic rings. The van der Waals surface area contributed by atoms with Gasteiger partial charge in [-0.25, -0.2) is 0 Å². The van der Waals surface area contributed by atoms with Gasteiger partial charge in [0, 0.05) is 18.3 Å². The van der Waals surface area contributed by atoms with Crippen LogP contribution < -0.4 is 10.5 Å². The first-order chi connectivity index (χ1) is 8.29. The molecule has 1 aromatic heterocycles. The molecule has 0 amide bonds. The fourth-order valence-corrected chi connectivity index (χ4v) is 1.97. The molecular weight excluding hydrogens is 329 g/mol. The molecule has 4 nitrogen and oxygen atoms in total. The van der Waals surface area contributed by atoms with Crippen LogP contribution in [-0.4, -0.2) is 16.4 Å². The van der Waals surface area contributed by atoms with Crippen LogP contribution in [0.4, 0.5) is 0 Å². The van der Waals surface area contributed by atoms with Gasteiger partial charge in [-0.1, -0.05) is 18.2 Å². The highest BCUT2D eigenvalue weighted by molar-refractivity contribution is 14.1. The van der Waals surface area contributed by atoms with Gasteiger partial charge in [-0.3, -0.25) is 4.68 Å². The fourth-order valence-electron chi connectivity index (χ4n) is 1.52. The molecule has 0 fully saturated rings. The van der Waals surface area contributed by atoms with E-state index in [1.54, 1.807) is 0 Å². The average molecular weight is 343 g/mol. The number of rotatable bonds is 5. The lowest BCUT2D eigenvalue weighted by Crippen LogP contribution is -2.10. The molecule has 0 radical (unpaired) electrons. The molecule has 1 heterocycles. The Labute approximate surface area is 114 Å². The number of hydrogen-bond acceptors (Lipinski definition) is 3. The van der Waals surface area contributed by atoms with Crippen LogP contribution in [0.1, 0.15) is 5.56 Å². The molecule has 2 aromatic rings. The highest BCUT2D eigenvalue weighted by Gasteiger charge is 2.01. The minimum absolute atomic E-state index is 0.496. The molecule has 2 N–H and O–H groups in total. The summed E-state index contributed by atoms with van der Waals surface area (Å²) in [7, 11) is 0. The first kappa shape index (κ1) is 12.4. The lowest BCUT2D eigenvalue weighted by atomic mass is 10.2. The molecule has 1 aromatic carbocycles. The molecule has 0 spiro atoms. The zero-order valence-corrected chi connectivity index (χ0v) is 11.5. The number of halogens is 1. The Balaban J connectivity index is 1.89. The smallest absolute Gasteiger partial charge is 0.123 e. The zero-order chi connectivity index (χ0) is 12.1. The third kappa shape index (κ3) is 3.44. The Bertz CT molecular complexity index is 484. The minimum atomic E-state index is 0.496. The molecule has 0 saturated carbocycles. The topological polar surface area (TPSA) is 53.1 Å². The first-order valence-electron chi connectivity index (χ1n) is 5.38. The van der Waals surface area contributed by atoms with Crippen molar-refractivity contribution in [3.8, 4) is 5.75 Å². The van der Waals surface area contributed by atoms with Crippen LogP contribution in [0.2, 0.25) is 0 Å². The van der Waals surface area contributed by atoms with E-state index in [1.165, 1.54) is 0 Å². The van der Waals surface area contributed by atoms with E-state index in [4.69, 9.17) is 10.5 Å². The predicted octanol–water partition coefficient (Wildman–Crippen LogP) is 2.03. The van der Waals surface area contributed by atoms with Crippen LogP contribution in [0.25, 0.3) is 0 Å². The van der Waals surface area contributed by atoms with Gasteiger partial charge in [0.05, 0.1) is 16.3 Å². The van der Waals surface area contributed by atoms with Gasteiger partial charge in [-0.15, -0.1) is 0 Å². The van der Waals surface area contributed by atoms with Gasteiger partial charge in [-0.05, 0) is 28.7 Å². The molecular formula is C12H14IN3O. The van der Waals surface area contributed by atoms with Crippen molar-refractivity contribution in [2.75, 3.05) is 6.61 Å². The number of aromatic nitrogens is 2. The van der Waals surface area contributed by atoms with E-state index in [0.29, 0.717) is 13.2 Å². The molecule has 2 rings (SSSR count). The summed E-state index contributed by atoms with van der Waals surface area (Å²) in [5, 5.41) is 4.19. The Morgan fingerprint density at radius 1 is 1.35 bits per heavy atom. The van der Waals surface area contributed by atoms with Crippen LogP contribution in [-0.2, 0) is 13.1 Å². The second-order valence-corrected chi connectivity index (χ2v) is 4.83. The Morgan fingerprint density at radius 2 is 2.18 bits per heavy atom. The quantitative estimate of drug-likeness (QED) is 0.846. The van der Waals surface area contributed by atoms with Gasteiger partial charge in [0.1, 0.15) is 12.4 Å². The lowest BCUT2D eigenvalue weighted by Gasteiger charge is -2.09. The van der Waals surface area contributed by atoms with E-state index in [2.05, 4.69) is 27.7 Å². The minimum Gasteiger partial charge on any atom is -0.491 e. The van der Waals surface area contributed by atoms with E-state index >= 15 is 0 Å². The number of ether oxygens (including phenoxy) is 1. The molecule has 17 heavy (non-hydrogen) atoms. The lowest BCUT2D eigenvalue weighted by molar-refractivity contribution is 0.288. The number of nitrogens with zero attached hydrogens (tertiary/aromatic N) is 2. The van der Waals surface area contributed by atoms with Crippen molar-refractivity contribution in [2.45, 2.75) is 13.1 Å². The molecule has 0 aliphatic carbocycles. The maximum absolute atomic E-state index is 5.70. The normalized spacial score (nSPS) is 10.5. The molecule has 0 saturated heterocycles. The van der Waals surface area contributed by atoms with E-state index in [9.17, 15) is 0 Å². The Morgan fingerprint density at radius 3 is 2.88 bits per heavy atom. The largest absolute Gasteiger partial charge is 0.491 e. The van der Waals surface area contributed by atoms with Crippen LogP contribution in [0.15, 0.2) is 36.7 Å². The van der Waals surface area contributed by atoms with Crippen molar-refractivity contribution >= 4 is 22.6 Å². The van der Waals surface area contributed by atoms with Crippen molar-refractivity contribution in [1.82, 2.24) is 9.78 Å². The monoisotopic (exact) mass is 343 g/mol. The average Bonchev–Trinajstić information content (AvgIpc) is 2.76. The standard InChI is InChI=1S/C12H14IN3O/c13-11-8-15-16(9-11)5-6-17-12-4-2-1-3-10(12)7-14/h1-4,8-9H,5-7,14H2. The van der Waals surface area contributed by atoms with E-state index in [-0.39, 0.29) is 0 Å². The number of nitrogens with two attached hydrogens (primary N) is 1. The maximum atomic E-state index is 5.70. The molecule has 0 aliphatic heterocycles. The van der Waals surface area contributed by atoms with E-state index in [1.807, 2.05) is 41.3 Å². The summed E-state index contributed by atoms with van der Waals surface area (Å²) in [6, 6.07) is 7.83. The second-order valence-electron chi connectivity index (χ2n) is 3.58. The van der Waals surface area contributed by atoms with Crippen molar-refractivity contribution in [3.63, 3.8) is 0 Å². The predicted molar refractivity (Wildman–Crippen MR) is 74.8 cm³/mol. The highest BCUT2D eigenvalue weighted by atomic mass is 127. The van der Waals surface area contributed by atoms with Crippen molar-refractivity contribution in [1.29, 1.82) is 0 Å². The van der Waals surface area contributed by atoms with E-state index < -0.39 is 0 Å². The molecule has 0 atom stereocenters. The number of hydrogen-bond donors (Lipinski definition) is 1. The summed E-state index contributed by atoms with van der Waals surface area (Å²) in [4.78, 5) is 0. The number of para-hydroxylation sites is 1. The van der Waals surface area contributed by atoms with Crippen LogP contribution in [0.5, 0.6) is 5.75 Å². The van der Waals surface area contributed by atoms with Gasteiger partial charge >= 0.3 is 0 Å².